The van der Waals surface area contributed by atoms with Crippen LogP contribution >= 0.6 is 33.9 Å². The van der Waals surface area contributed by atoms with Crippen molar-refractivity contribution in [3.05, 3.63) is 117 Å². The van der Waals surface area contributed by atoms with Gasteiger partial charge in [0.25, 0.3) is 11.8 Å². The van der Waals surface area contributed by atoms with Crippen LogP contribution in [0, 0.1) is 10.5 Å². The molecule has 44 heavy (non-hydrogen) atoms. The van der Waals surface area contributed by atoms with Gasteiger partial charge in [0.05, 0.1) is 22.6 Å². The minimum atomic E-state index is -0.348. The summed E-state index contributed by atoms with van der Waals surface area (Å²) in [6.45, 7) is 1.77. The maximum Gasteiger partial charge on any atom is 0.271 e. The lowest BCUT2D eigenvalue weighted by molar-refractivity contribution is -0.118. The van der Waals surface area contributed by atoms with Gasteiger partial charge in [-0.2, -0.15) is 5.10 Å². The molecule has 1 heterocycles. The summed E-state index contributed by atoms with van der Waals surface area (Å²) in [5, 5.41) is 13.0. The summed E-state index contributed by atoms with van der Waals surface area (Å²) >= 11 is 3.62. The van der Waals surface area contributed by atoms with Crippen LogP contribution in [0.5, 0.6) is 11.5 Å². The highest BCUT2D eigenvalue weighted by Gasteiger charge is 2.14. The average molecular weight is 718 g/mol. The molecule has 3 N–H and O–H groups in total. The molecule has 0 aliphatic rings. The maximum absolute atomic E-state index is 12.7. The Kier molecular flexibility index (Phi) is 10.2. The first-order valence-corrected chi connectivity index (χ1v) is 15.4. The minimum Gasteiger partial charge on any atom is -0.493 e. The third kappa shape index (κ3) is 8.20. The lowest BCUT2D eigenvalue weighted by Crippen LogP contribution is -2.20. The molecule has 9 nitrogen and oxygen atoms in total. The summed E-state index contributed by atoms with van der Waals surface area (Å²) < 4.78 is 12.0. The van der Waals surface area contributed by atoms with Gasteiger partial charge in [0, 0.05) is 27.9 Å². The zero-order chi connectivity index (χ0) is 30.9. The number of hydrogen-bond donors (Lipinski definition) is 3. The van der Waals surface area contributed by atoms with Crippen LogP contribution < -0.4 is 25.5 Å². The predicted molar refractivity (Wildman–Crippen MR) is 183 cm³/mol. The number of carbonyl (C=O) groups excluding carboxylic acids is 2. The van der Waals surface area contributed by atoms with Gasteiger partial charge in [-0.3, -0.25) is 9.59 Å². The van der Waals surface area contributed by atoms with Crippen LogP contribution in [-0.2, 0) is 4.79 Å². The van der Waals surface area contributed by atoms with Gasteiger partial charge in [0.2, 0.25) is 0 Å². The molecule has 2 amide bonds. The fraction of sp³-hybridized carbons (Fsp3) is 0.0909. The van der Waals surface area contributed by atoms with Crippen molar-refractivity contribution in [2.75, 3.05) is 24.4 Å². The Labute approximate surface area is 272 Å². The molecule has 5 rings (SSSR count). The first-order chi connectivity index (χ1) is 21.4. The van der Waals surface area contributed by atoms with Crippen LogP contribution in [0.1, 0.15) is 21.5 Å². The van der Waals surface area contributed by atoms with Crippen molar-refractivity contribution in [2.24, 2.45) is 5.10 Å². The SMILES string of the molecule is COc1cc(/C=N/NC(=O)c2ccc(-c3csc(Nc4ccccc4)n3)cc2)cc(I)c1OCC(=O)Nc1cccc(C)c1. The van der Waals surface area contributed by atoms with Crippen molar-refractivity contribution < 1.29 is 19.1 Å². The summed E-state index contributed by atoms with van der Waals surface area (Å²) in [4.78, 5) is 29.7. The summed E-state index contributed by atoms with van der Waals surface area (Å²) in [6.07, 6.45) is 1.52. The van der Waals surface area contributed by atoms with Crippen LogP contribution in [0.4, 0.5) is 16.5 Å². The molecule has 0 saturated carbocycles. The van der Waals surface area contributed by atoms with Gasteiger partial charge < -0.3 is 20.1 Å². The second-order valence-corrected chi connectivity index (χ2v) is 11.6. The highest BCUT2D eigenvalue weighted by Crippen LogP contribution is 2.33. The highest BCUT2D eigenvalue weighted by molar-refractivity contribution is 14.1. The molecule has 0 atom stereocenters. The molecule has 0 aliphatic heterocycles. The molecule has 0 bridgehead atoms. The van der Waals surface area contributed by atoms with Crippen LogP contribution in [0.2, 0.25) is 0 Å². The van der Waals surface area contributed by atoms with Gasteiger partial charge >= 0.3 is 0 Å². The summed E-state index contributed by atoms with van der Waals surface area (Å²) in [7, 11) is 1.52. The van der Waals surface area contributed by atoms with E-state index in [1.165, 1.54) is 24.7 Å². The van der Waals surface area contributed by atoms with Crippen molar-refractivity contribution in [3.8, 4) is 22.8 Å². The third-order valence-corrected chi connectivity index (χ3v) is 7.81. The largest absolute Gasteiger partial charge is 0.493 e. The highest BCUT2D eigenvalue weighted by atomic mass is 127. The maximum atomic E-state index is 12.7. The van der Waals surface area contributed by atoms with Gasteiger partial charge in [0.1, 0.15) is 0 Å². The Balaban J connectivity index is 1.16. The van der Waals surface area contributed by atoms with E-state index in [9.17, 15) is 9.59 Å². The number of hydrazone groups is 1. The van der Waals surface area contributed by atoms with Crippen LogP contribution in [-0.4, -0.2) is 36.7 Å². The molecule has 4 aromatic carbocycles. The predicted octanol–water partition coefficient (Wildman–Crippen LogP) is 7.26. The Bertz CT molecular complexity index is 1790. The normalized spacial score (nSPS) is 10.8. The number of hydrogen-bond acceptors (Lipinski definition) is 8. The number of rotatable bonds is 11. The molecule has 0 radical (unpaired) electrons. The number of benzene rings is 4. The Morgan fingerprint density at radius 3 is 2.50 bits per heavy atom. The Hall–Kier alpha value is -4.75. The number of para-hydroxylation sites is 1. The number of nitrogens with zero attached hydrogens (tertiary/aromatic N) is 2. The molecule has 5 aromatic rings. The molecular formula is C33H28IN5O4S. The first-order valence-electron chi connectivity index (χ1n) is 13.5. The standard InChI is InChI=1S/C33H28IN5O4S/c1-21-7-6-10-26(15-21)36-30(40)19-43-31-27(34)16-22(17-29(31)42-2)18-35-39-32(41)24-13-11-23(12-14-24)28-20-44-33(38-28)37-25-8-4-3-5-9-25/h3-18,20H,19H2,1-2H3,(H,36,40)(H,37,38)(H,39,41)/b35-18+. The monoisotopic (exact) mass is 717 g/mol. The van der Waals surface area contributed by atoms with Gasteiger partial charge in [0.15, 0.2) is 23.2 Å². The van der Waals surface area contributed by atoms with Crippen molar-refractivity contribution in [2.45, 2.75) is 6.92 Å². The molecule has 0 saturated heterocycles. The molecule has 0 spiro atoms. The van der Waals surface area contributed by atoms with Gasteiger partial charge in [-0.15, -0.1) is 11.3 Å². The fourth-order valence-electron chi connectivity index (χ4n) is 4.14. The molecule has 222 valence electrons. The second-order valence-electron chi connectivity index (χ2n) is 9.55. The average Bonchev–Trinajstić information content (AvgIpc) is 3.49. The van der Waals surface area contributed by atoms with Crippen molar-refractivity contribution in [3.63, 3.8) is 0 Å². The van der Waals surface area contributed by atoms with Crippen molar-refractivity contribution >= 4 is 68.5 Å². The zero-order valence-corrected chi connectivity index (χ0v) is 26.8. The number of ether oxygens (including phenoxy) is 2. The smallest absolute Gasteiger partial charge is 0.271 e. The fourth-order valence-corrected chi connectivity index (χ4v) is 5.66. The molecule has 11 heteroatoms. The number of aryl methyl sites for hydroxylation is 1. The van der Waals surface area contributed by atoms with Crippen LogP contribution in [0.3, 0.4) is 0 Å². The third-order valence-electron chi connectivity index (χ3n) is 6.25. The lowest BCUT2D eigenvalue weighted by Gasteiger charge is -2.13. The van der Waals surface area contributed by atoms with E-state index in [1.54, 1.807) is 18.2 Å². The molecular weight excluding hydrogens is 689 g/mol. The van der Waals surface area contributed by atoms with E-state index < -0.39 is 0 Å². The van der Waals surface area contributed by atoms with Crippen molar-refractivity contribution in [1.82, 2.24) is 10.4 Å². The van der Waals surface area contributed by atoms with E-state index in [0.717, 1.165) is 31.2 Å². The second kappa shape index (κ2) is 14.6. The van der Waals surface area contributed by atoms with Crippen molar-refractivity contribution in [1.29, 1.82) is 0 Å². The molecule has 0 aliphatic carbocycles. The lowest BCUT2D eigenvalue weighted by atomic mass is 10.1. The zero-order valence-electron chi connectivity index (χ0n) is 23.8. The number of carbonyl (C=O) groups is 2. The van der Waals surface area contributed by atoms with E-state index in [4.69, 9.17) is 9.47 Å². The van der Waals surface area contributed by atoms with Gasteiger partial charge in [-0.05, 0) is 89.2 Å². The van der Waals surface area contributed by atoms with Gasteiger partial charge in [-0.1, -0.05) is 42.5 Å². The van der Waals surface area contributed by atoms with E-state index in [0.29, 0.717) is 28.3 Å². The van der Waals surface area contributed by atoms with E-state index >= 15 is 0 Å². The van der Waals surface area contributed by atoms with Crippen LogP contribution in [0.25, 0.3) is 11.3 Å². The van der Waals surface area contributed by atoms with E-state index in [-0.39, 0.29) is 18.4 Å². The molecule has 0 unspecified atom stereocenters. The summed E-state index contributed by atoms with van der Waals surface area (Å²) in [5.41, 5.74) is 8.14. The topological polar surface area (TPSA) is 114 Å². The number of aromatic nitrogens is 1. The first kappa shape index (κ1) is 30.7. The van der Waals surface area contributed by atoms with Gasteiger partial charge in [-0.25, -0.2) is 10.4 Å². The quantitative estimate of drug-likeness (QED) is 0.0754. The van der Waals surface area contributed by atoms with E-state index in [2.05, 4.69) is 48.7 Å². The van der Waals surface area contributed by atoms with Crippen LogP contribution in [0.15, 0.2) is 101 Å². The van der Waals surface area contributed by atoms with E-state index in [1.807, 2.05) is 85.1 Å². The Morgan fingerprint density at radius 2 is 1.75 bits per heavy atom. The Morgan fingerprint density at radius 1 is 0.977 bits per heavy atom. The minimum absolute atomic E-state index is 0.184. The number of amides is 2. The number of anilines is 3. The summed E-state index contributed by atoms with van der Waals surface area (Å²) in [6, 6.07) is 28.1. The molecule has 0 fully saturated rings. The molecule has 1 aromatic heterocycles. The number of nitrogens with one attached hydrogen (secondary N) is 3. The summed E-state index contributed by atoms with van der Waals surface area (Å²) in [5.74, 6) is 0.245. The number of halogens is 1. The number of thiazole rings is 1. The number of methoxy groups -OCH3 is 1.